The molecule has 1 atom stereocenters. The Morgan fingerprint density at radius 1 is 1.18 bits per heavy atom. The highest BCUT2D eigenvalue weighted by Crippen LogP contribution is 2.28. The number of benzene rings is 1. The lowest BCUT2D eigenvalue weighted by Crippen LogP contribution is -3.08. The molecule has 0 fully saturated rings. The SMILES string of the molecule is Cc1ccsc1C[NH+](C)CC(=O)Nc1cc(S(=O)(=O)N(C)C)ccc1N(C)C. The summed E-state index contributed by atoms with van der Waals surface area (Å²) in [5, 5.41) is 4.94. The molecule has 7 nitrogen and oxygen atoms in total. The summed E-state index contributed by atoms with van der Waals surface area (Å²) < 4.78 is 26.0. The van der Waals surface area contributed by atoms with Crippen LogP contribution in [0.3, 0.4) is 0 Å². The molecule has 0 radical (unpaired) electrons. The van der Waals surface area contributed by atoms with Crippen molar-refractivity contribution in [3.63, 3.8) is 0 Å². The summed E-state index contributed by atoms with van der Waals surface area (Å²) in [7, 11) is 5.06. The topological polar surface area (TPSA) is 74.2 Å². The van der Waals surface area contributed by atoms with Crippen molar-refractivity contribution in [3.05, 3.63) is 40.1 Å². The number of anilines is 2. The maximum absolute atomic E-state index is 12.6. The van der Waals surface area contributed by atoms with Gasteiger partial charge in [0.05, 0.1) is 28.2 Å². The lowest BCUT2D eigenvalue weighted by atomic mass is 10.2. The summed E-state index contributed by atoms with van der Waals surface area (Å²) in [6.07, 6.45) is 0. The van der Waals surface area contributed by atoms with Crippen LogP contribution < -0.4 is 15.1 Å². The highest BCUT2D eigenvalue weighted by molar-refractivity contribution is 7.89. The first-order valence-electron chi connectivity index (χ1n) is 8.90. The number of amides is 1. The molecule has 154 valence electrons. The van der Waals surface area contributed by atoms with Crippen LogP contribution in [0, 0.1) is 6.92 Å². The van der Waals surface area contributed by atoms with E-state index in [1.165, 1.54) is 30.6 Å². The van der Waals surface area contributed by atoms with Gasteiger partial charge >= 0.3 is 0 Å². The Kier molecular flexibility index (Phi) is 7.22. The Bertz CT molecular complexity index is 936. The minimum absolute atomic E-state index is 0.147. The highest BCUT2D eigenvalue weighted by atomic mass is 32.2. The molecule has 2 N–H and O–H groups in total. The van der Waals surface area contributed by atoms with Gasteiger partial charge in [-0.2, -0.15) is 0 Å². The van der Waals surface area contributed by atoms with Gasteiger partial charge in [-0.1, -0.05) is 0 Å². The first-order valence-corrected chi connectivity index (χ1v) is 11.2. The van der Waals surface area contributed by atoms with Crippen molar-refractivity contribution in [2.24, 2.45) is 0 Å². The lowest BCUT2D eigenvalue weighted by Gasteiger charge is -2.21. The molecule has 1 unspecified atom stereocenters. The molecule has 1 amide bonds. The van der Waals surface area contributed by atoms with E-state index in [0.29, 0.717) is 5.69 Å². The fourth-order valence-electron chi connectivity index (χ4n) is 2.77. The largest absolute Gasteiger partial charge is 0.376 e. The van der Waals surface area contributed by atoms with Crippen LogP contribution in [0.25, 0.3) is 0 Å². The summed E-state index contributed by atoms with van der Waals surface area (Å²) in [5.41, 5.74) is 2.47. The first kappa shape index (κ1) is 22.4. The molecule has 9 heteroatoms. The second-order valence-corrected chi connectivity index (χ2v) is 10.4. The molecule has 2 aromatic rings. The number of carbonyl (C=O) groups is 1. The zero-order chi connectivity index (χ0) is 21.1. The summed E-state index contributed by atoms with van der Waals surface area (Å²) in [4.78, 5) is 16.9. The number of nitrogens with one attached hydrogen (secondary N) is 2. The van der Waals surface area contributed by atoms with Gasteiger partial charge < -0.3 is 15.1 Å². The smallest absolute Gasteiger partial charge is 0.279 e. The zero-order valence-corrected chi connectivity index (χ0v) is 18.9. The third kappa shape index (κ3) is 5.32. The molecular weight excluding hydrogens is 396 g/mol. The number of likely N-dealkylation sites (N-methyl/N-ethyl adjacent to an activating group) is 1. The van der Waals surface area contributed by atoms with E-state index in [4.69, 9.17) is 0 Å². The van der Waals surface area contributed by atoms with Crippen LogP contribution in [-0.2, 0) is 21.4 Å². The zero-order valence-electron chi connectivity index (χ0n) is 17.2. The minimum atomic E-state index is -3.58. The van der Waals surface area contributed by atoms with Crippen LogP contribution in [0.1, 0.15) is 10.4 Å². The molecular formula is C19H29N4O3S2+. The number of aryl methyl sites for hydroxylation is 1. The predicted octanol–water partition coefficient (Wildman–Crippen LogP) is 1.03. The van der Waals surface area contributed by atoms with Gasteiger partial charge in [0.25, 0.3) is 5.91 Å². The highest BCUT2D eigenvalue weighted by Gasteiger charge is 2.21. The second-order valence-electron chi connectivity index (χ2n) is 7.25. The number of nitrogens with zero attached hydrogens (tertiary/aromatic N) is 2. The third-order valence-corrected chi connectivity index (χ3v) is 7.23. The summed E-state index contributed by atoms with van der Waals surface area (Å²) in [6, 6.07) is 6.85. The molecule has 2 rings (SSSR count). The van der Waals surface area contributed by atoms with Crippen LogP contribution in [0.15, 0.2) is 34.5 Å². The van der Waals surface area contributed by atoms with Crippen LogP contribution in [0.5, 0.6) is 0 Å². The van der Waals surface area contributed by atoms with Gasteiger partial charge in [-0.25, -0.2) is 12.7 Å². The van der Waals surface area contributed by atoms with Crippen molar-refractivity contribution in [3.8, 4) is 0 Å². The minimum Gasteiger partial charge on any atom is -0.376 e. The quantitative estimate of drug-likeness (QED) is 0.663. The number of hydrogen-bond acceptors (Lipinski definition) is 5. The van der Waals surface area contributed by atoms with Gasteiger partial charge in [-0.15, -0.1) is 11.3 Å². The Morgan fingerprint density at radius 2 is 1.86 bits per heavy atom. The Hall–Kier alpha value is -1.94. The van der Waals surface area contributed by atoms with E-state index < -0.39 is 10.0 Å². The number of quaternary nitrogens is 1. The van der Waals surface area contributed by atoms with E-state index in [9.17, 15) is 13.2 Å². The first-order chi connectivity index (χ1) is 13.0. The average molecular weight is 426 g/mol. The molecule has 0 spiro atoms. The van der Waals surface area contributed by atoms with Crippen LogP contribution >= 0.6 is 11.3 Å². The molecule has 0 aliphatic heterocycles. The summed E-state index contributed by atoms with van der Waals surface area (Å²) in [6.45, 7) is 3.13. The maximum atomic E-state index is 12.6. The maximum Gasteiger partial charge on any atom is 0.279 e. The number of rotatable bonds is 8. The van der Waals surface area contributed by atoms with Crippen molar-refractivity contribution in [2.45, 2.75) is 18.4 Å². The second kappa shape index (κ2) is 9.04. The van der Waals surface area contributed by atoms with Gasteiger partial charge in [0.1, 0.15) is 6.54 Å². The molecule has 0 saturated heterocycles. The van der Waals surface area contributed by atoms with E-state index in [1.54, 1.807) is 23.5 Å². The molecule has 0 saturated carbocycles. The Labute approximate surface area is 171 Å². The lowest BCUT2D eigenvalue weighted by molar-refractivity contribution is -0.884. The van der Waals surface area contributed by atoms with Crippen molar-refractivity contribution >= 4 is 38.6 Å². The van der Waals surface area contributed by atoms with E-state index in [0.717, 1.165) is 21.4 Å². The van der Waals surface area contributed by atoms with E-state index >= 15 is 0 Å². The molecule has 1 aromatic heterocycles. The molecule has 0 bridgehead atoms. The summed E-state index contributed by atoms with van der Waals surface area (Å²) >= 11 is 1.69. The standard InChI is InChI=1S/C19H28N4O3S2/c1-14-9-10-27-18(14)12-23(6)13-19(24)20-16-11-15(28(25,26)22(4)5)7-8-17(16)21(2)3/h7-11H,12-13H2,1-6H3,(H,20,24)/p+1. The molecule has 1 aromatic carbocycles. The fourth-order valence-corrected chi connectivity index (χ4v) is 4.72. The average Bonchev–Trinajstić information content (AvgIpc) is 2.98. The van der Waals surface area contributed by atoms with Gasteiger partial charge in [0.2, 0.25) is 10.0 Å². The van der Waals surface area contributed by atoms with Crippen molar-refractivity contribution in [1.29, 1.82) is 0 Å². The van der Waals surface area contributed by atoms with Crippen LogP contribution in [-0.4, -0.2) is 60.4 Å². The van der Waals surface area contributed by atoms with E-state index in [1.807, 2.05) is 26.0 Å². The predicted molar refractivity (Wildman–Crippen MR) is 115 cm³/mol. The fraction of sp³-hybridized carbons (Fsp3) is 0.421. The van der Waals surface area contributed by atoms with Crippen LogP contribution in [0.2, 0.25) is 0 Å². The summed E-state index contributed by atoms with van der Waals surface area (Å²) in [5.74, 6) is -0.158. The van der Waals surface area contributed by atoms with Crippen molar-refractivity contribution in [1.82, 2.24) is 4.31 Å². The van der Waals surface area contributed by atoms with Gasteiger partial charge in [-0.05, 0) is 42.1 Å². The molecule has 1 heterocycles. The Balaban J connectivity index is 2.18. The van der Waals surface area contributed by atoms with Crippen molar-refractivity contribution in [2.75, 3.05) is 52.0 Å². The number of carbonyl (C=O) groups excluding carboxylic acids is 1. The number of sulfonamides is 1. The van der Waals surface area contributed by atoms with Gasteiger partial charge in [0, 0.05) is 28.2 Å². The monoisotopic (exact) mass is 425 g/mol. The third-order valence-electron chi connectivity index (χ3n) is 4.40. The molecule has 0 aliphatic rings. The van der Waals surface area contributed by atoms with E-state index in [2.05, 4.69) is 23.7 Å². The number of hydrogen-bond donors (Lipinski definition) is 2. The Morgan fingerprint density at radius 3 is 2.39 bits per heavy atom. The van der Waals surface area contributed by atoms with E-state index in [-0.39, 0.29) is 17.3 Å². The van der Waals surface area contributed by atoms with Gasteiger partial charge in [0.15, 0.2) is 6.54 Å². The normalized spacial score (nSPS) is 12.8. The van der Waals surface area contributed by atoms with Crippen molar-refractivity contribution < 1.29 is 18.1 Å². The molecule has 0 aliphatic carbocycles. The van der Waals surface area contributed by atoms with Gasteiger partial charge in [-0.3, -0.25) is 4.79 Å². The number of thiophene rings is 1. The van der Waals surface area contributed by atoms with Crippen LogP contribution in [0.4, 0.5) is 11.4 Å². The molecule has 28 heavy (non-hydrogen) atoms.